The van der Waals surface area contributed by atoms with Crippen molar-refractivity contribution in [1.82, 2.24) is 0 Å². The van der Waals surface area contributed by atoms with Gasteiger partial charge in [-0.1, -0.05) is 58.4 Å². The topological polar surface area (TPSA) is 9.23 Å². The van der Waals surface area contributed by atoms with E-state index in [9.17, 15) is 0 Å². The summed E-state index contributed by atoms with van der Waals surface area (Å²) >= 11 is 0. The molecule has 1 rings (SSSR count). The van der Waals surface area contributed by atoms with E-state index in [4.69, 9.17) is 4.43 Å². The largest absolute Gasteiger partial charge is 0.413 e. The van der Waals surface area contributed by atoms with Gasteiger partial charge in [0.2, 0.25) is 0 Å². The molecular weight excluding hydrogens is 248 g/mol. The first-order valence-corrected chi connectivity index (χ1v) is 10.3. The van der Waals surface area contributed by atoms with Crippen LogP contribution in [0.3, 0.4) is 0 Å². The quantitative estimate of drug-likeness (QED) is 0.590. The van der Waals surface area contributed by atoms with Crippen LogP contribution in [0, 0.1) is 5.41 Å². The number of rotatable bonds is 2. The third-order valence-corrected chi connectivity index (χ3v) is 9.23. The molecule has 0 N–H and O–H groups in total. The molecule has 0 aromatic heterocycles. The molecule has 0 bridgehead atoms. The van der Waals surface area contributed by atoms with Crippen LogP contribution >= 0.6 is 0 Å². The summed E-state index contributed by atoms with van der Waals surface area (Å²) in [5.41, 5.74) is 2.83. The van der Waals surface area contributed by atoms with Gasteiger partial charge in [-0.25, -0.2) is 0 Å². The number of allylic oxidation sites excluding steroid dienone is 2. The molecule has 0 radical (unpaired) electrons. The molecule has 0 spiro atoms. The predicted octanol–water partition coefficient (Wildman–Crippen LogP) is 5.70. The monoisotopic (exact) mass is 280 g/mol. The average molecular weight is 281 g/mol. The molecule has 0 aromatic carbocycles. The summed E-state index contributed by atoms with van der Waals surface area (Å²) in [4.78, 5) is 0. The van der Waals surface area contributed by atoms with E-state index in [1.54, 1.807) is 0 Å². The lowest BCUT2D eigenvalue weighted by Crippen LogP contribution is -2.47. The van der Waals surface area contributed by atoms with Gasteiger partial charge in [0, 0.05) is 0 Å². The summed E-state index contributed by atoms with van der Waals surface area (Å²) in [6.45, 7) is 22.7. The molecule has 19 heavy (non-hydrogen) atoms. The zero-order chi connectivity index (χ0) is 15.1. The second kappa shape index (κ2) is 5.21. The molecule has 2 heteroatoms. The van der Waals surface area contributed by atoms with E-state index < -0.39 is 8.32 Å². The molecule has 0 heterocycles. The van der Waals surface area contributed by atoms with Gasteiger partial charge in [0.05, 0.1) is 6.10 Å². The Bertz CT molecular complexity index is 383. The Labute approximate surface area is 121 Å². The van der Waals surface area contributed by atoms with Crippen LogP contribution < -0.4 is 0 Å². The maximum absolute atomic E-state index is 6.70. The van der Waals surface area contributed by atoms with Crippen LogP contribution in [0.5, 0.6) is 0 Å². The van der Waals surface area contributed by atoms with Crippen LogP contribution in [0.1, 0.15) is 54.4 Å². The van der Waals surface area contributed by atoms with Gasteiger partial charge in [-0.2, -0.15) is 0 Å². The summed E-state index contributed by atoms with van der Waals surface area (Å²) in [5.74, 6) is 0. The van der Waals surface area contributed by atoms with Gasteiger partial charge in [-0.3, -0.25) is 0 Å². The second-order valence-electron chi connectivity index (χ2n) is 8.39. The molecule has 1 atom stereocenters. The van der Waals surface area contributed by atoms with E-state index in [0.29, 0.717) is 0 Å². The molecule has 0 fully saturated rings. The van der Waals surface area contributed by atoms with Gasteiger partial charge in [-0.05, 0) is 43.3 Å². The van der Waals surface area contributed by atoms with Crippen LogP contribution in [-0.4, -0.2) is 14.4 Å². The van der Waals surface area contributed by atoms with Gasteiger partial charge in [0.25, 0.3) is 0 Å². The minimum Gasteiger partial charge on any atom is -0.413 e. The van der Waals surface area contributed by atoms with Crippen molar-refractivity contribution in [3.05, 3.63) is 23.8 Å². The molecule has 1 aliphatic rings. The van der Waals surface area contributed by atoms with Crippen molar-refractivity contribution in [2.24, 2.45) is 5.41 Å². The van der Waals surface area contributed by atoms with Crippen molar-refractivity contribution in [3.63, 3.8) is 0 Å². The Hall–Kier alpha value is -0.343. The molecule has 1 nitrogen and oxygen atoms in total. The summed E-state index contributed by atoms with van der Waals surface area (Å²) in [5, 5.41) is 0.263. The van der Waals surface area contributed by atoms with E-state index >= 15 is 0 Å². The maximum Gasteiger partial charge on any atom is 0.192 e. The SMILES string of the molecule is C=C1C=C(C)CC(C)(C)C(O[Si](C)(C)C(C)(C)C)C1. The average Bonchev–Trinajstić information content (AvgIpc) is 2.20. The van der Waals surface area contributed by atoms with Crippen LogP contribution in [0.2, 0.25) is 18.1 Å². The standard InChI is InChI=1S/C17H32OSi/c1-13-10-14(2)12-17(6,7)15(11-13)18-19(8,9)16(3,4)5/h10,15H,1,11-12H2,2-9H3. The fourth-order valence-corrected chi connectivity index (χ4v) is 4.01. The molecule has 0 saturated heterocycles. The molecule has 0 aliphatic heterocycles. The highest BCUT2D eigenvalue weighted by Gasteiger charge is 2.43. The van der Waals surface area contributed by atoms with Gasteiger partial charge < -0.3 is 4.43 Å². The fraction of sp³-hybridized carbons (Fsp3) is 0.765. The predicted molar refractivity (Wildman–Crippen MR) is 88.0 cm³/mol. The highest BCUT2D eigenvalue weighted by atomic mass is 28.4. The first kappa shape index (κ1) is 16.7. The zero-order valence-corrected chi connectivity index (χ0v) is 15.2. The third kappa shape index (κ3) is 4.06. The fourth-order valence-electron chi connectivity index (χ4n) is 2.54. The highest BCUT2D eigenvalue weighted by Crippen LogP contribution is 2.44. The maximum atomic E-state index is 6.70. The Morgan fingerprint density at radius 2 is 1.84 bits per heavy atom. The molecule has 1 aliphatic carbocycles. The molecule has 1 unspecified atom stereocenters. The molecular formula is C17H32OSi. The Balaban J connectivity index is 2.97. The van der Waals surface area contributed by atoms with E-state index in [-0.39, 0.29) is 16.6 Å². The Kier molecular flexibility index (Phi) is 4.58. The van der Waals surface area contributed by atoms with E-state index in [1.807, 2.05) is 0 Å². The van der Waals surface area contributed by atoms with Crippen molar-refractivity contribution >= 4 is 8.32 Å². The minimum absolute atomic E-state index is 0.190. The van der Waals surface area contributed by atoms with Gasteiger partial charge in [-0.15, -0.1) is 0 Å². The second-order valence-corrected chi connectivity index (χ2v) is 13.1. The van der Waals surface area contributed by atoms with E-state index in [1.165, 1.54) is 11.1 Å². The zero-order valence-electron chi connectivity index (χ0n) is 14.2. The first-order chi connectivity index (χ1) is 8.35. The lowest BCUT2D eigenvalue weighted by molar-refractivity contribution is 0.0633. The molecule has 0 amide bonds. The van der Waals surface area contributed by atoms with Gasteiger partial charge in [0.15, 0.2) is 8.32 Å². The lowest BCUT2D eigenvalue weighted by atomic mass is 9.81. The Morgan fingerprint density at radius 1 is 1.32 bits per heavy atom. The summed E-state index contributed by atoms with van der Waals surface area (Å²) in [6.07, 6.45) is 4.61. The Morgan fingerprint density at radius 3 is 2.32 bits per heavy atom. The van der Waals surface area contributed by atoms with Gasteiger partial charge >= 0.3 is 0 Å². The van der Waals surface area contributed by atoms with E-state index in [2.05, 4.69) is 67.3 Å². The smallest absolute Gasteiger partial charge is 0.192 e. The van der Waals surface area contributed by atoms with Crippen molar-refractivity contribution in [1.29, 1.82) is 0 Å². The van der Waals surface area contributed by atoms with Gasteiger partial charge in [0.1, 0.15) is 0 Å². The van der Waals surface area contributed by atoms with E-state index in [0.717, 1.165) is 12.8 Å². The summed E-state index contributed by atoms with van der Waals surface area (Å²) in [7, 11) is -1.72. The molecule has 0 aromatic rings. The van der Waals surface area contributed by atoms with Crippen molar-refractivity contribution in [2.75, 3.05) is 0 Å². The molecule has 0 saturated carbocycles. The summed E-state index contributed by atoms with van der Waals surface area (Å²) in [6, 6.07) is 0. The number of hydrogen-bond acceptors (Lipinski definition) is 1. The summed E-state index contributed by atoms with van der Waals surface area (Å²) < 4.78 is 6.70. The molecule has 110 valence electrons. The van der Waals surface area contributed by atoms with Crippen LogP contribution in [-0.2, 0) is 4.43 Å². The van der Waals surface area contributed by atoms with Crippen LogP contribution in [0.15, 0.2) is 23.8 Å². The van der Waals surface area contributed by atoms with Crippen molar-refractivity contribution < 1.29 is 4.43 Å². The number of hydrogen-bond donors (Lipinski definition) is 0. The normalized spacial score (nSPS) is 24.9. The van der Waals surface area contributed by atoms with Crippen LogP contribution in [0.25, 0.3) is 0 Å². The highest BCUT2D eigenvalue weighted by molar-refractivity contribution is 6.74. The van der Waals surface area contributed by atoms with Crippen molar-refractivity contribution in [2.45, 2.75) is 78.6 Å². The third-order valence-electron chi connectivity index (χ3n) is 4.75. The lowest BCUT2D eigenvalue weighted by Gasteiger charge is -2.44. The first-order valence-electron chi connectivity index (χ1n) is 7.38. The van der Waals surface area contributed by atoms with Crippen LogP contribution in [0.4, 0.5) is 0 Å². The minimum atomic E-state index is -1.72. The van der Waals surface area contributed by atoms with Crippen molar-refractivity contribution in [3.8, 4) is 0 Å².